The molecule has 1 aliphatic carbocycles. The zero-order chi connectivity index (χ0) is 17.9. The second-order valence-corrected chi connectivity index (χ2v) is 7.34. The monoisotopic (exact) mass is 377 g/mol. The van der Waals surface area contributed by atoms with E-state index in [4.69, 9.17) is 27.9 Å². The molecule has 0 unspecified atom stereocenters. The minimum Gasteiger partial charge on any atom is -0.497 e. The molecule has 2 aromatic carbocycles. The molecule has 0 spiro atoms. The third-order valence-electron chi connectivity index (χ3n) is 5.03. The summed E-state index contributed by atoms with van der Waals surface area (Å²) in [6, 6.07) is 13.1. The van der Waals surface area contributed by atoms with Crippen molar-refractivity contribution >= 4 is 29.1 Å². The number of carbonyl (C=O) groups is 1. The van der Waals surface area contributed by atoms with E-state index in [0.29, 0.717) is 22.2 Å². The lowest BCUT2D eigenvalue weighted by Gasteiger charge is -2.30. The molecule has 1 aliphatic rings. The molecule has 0 atom stereocenters. The van der Waals surface area contributed by atoms with E-state index in [1.54, 1.807) is 25.3 Å². The highest BCUT2D eigenvalue weighted by atomic mass is 35.5. The Balaban J connectivity index is 1.75. The van der Waals surface area contributed by atoms with Crippen LogP contribution in [0.15, 0.2) is 42.5 Å². The first-order chi connectivity index (χ1) is 12.0. The highest BCUT2D eigenvalue weighted by molar-refractivity contribution is 6.42. The fraction of sp³-hybridized carbons (Fsp3) is 0.350. The lowest BCUT2D eigenvalue weighted by Crippen LogP contribution is -2.39. The Morgan fingerprint density at radius 3 is 2.36 bits per heavy atom. The van der Waals surface area contributed by atoms with E-state index >= 15 is 0 Å². The van der Waals surface area contributed by atoms with Crippen molar-refractivity contribution < 1.29 is 9.53 Å². The predicted octanol–water partition coefficient (Wildman–Crippen LogP) is 5.24. The van der Waals surface area contributed by atoms with Crippen LogP contribution in [0.4, 0.5) is 0 Å². The summed E-state index contributed by atoms with van der Waals surface area (Å²) in [6.45, 7) is 0.610. The van der Waals surface area contributed by atoms with E-state index < -0.39 is 0 Å². The molecule has 3 rings (SSSR count). The first-order valence-electron chi connectivity index (χ1n) is 8.42. The summed E-state index contributed by atoms with van der Waals surface area (Å²) in [6.07, 6.45) is 4.49. The van der Waals surface area contributed by atoms with Crippen LogP contribution >= 0.6 is 23.2 Å². The molecule has 1 saturated carbocycles. The van der Waals surface area contributed by atoms with Crippen molar-refractivity contribution in [2.45, 2.75) is 31.1 Å². The fourth-order valence-electron chi connectivity index (χ4n) is 3.55. The van der Waals surface area contributed by atoms with Gasteiger partial charge in [-0.3, -0.25) is 4.79 Å². The van der Waals surface area contributed by atoms with Gasteiger partial charge in [0.25, 0.3) is 5.91 Å². The van der Waals surface area contributed by atoms with Gasteiger partial charge in [0.05, 0.1) is 17.2 Å². The van der Waals surface area contributed by atoms with E-state index in [1.807, 2.05) is 12.1 Å². The molecular weight excluding hydrogens is 357 g/mol. The fourth-order valence-corrected chi connectivity index (χ4v) is 3.85. The third-order valence-corrected chi connectivity index (χ3v) is 5.77. The van der Waals surface area contributed by atoms with E-state index in [0.717, 1.165) is 18.6 Å². The number of nitrogens with one attached hydrogen (secondary N) is 1. The topological polar surface area (TPSA) is 38.3 Å². The van der Waals surface area contributed by atoms with Gasteiger partial charge in [0.2, 0.25) is 0 Å². The third kappa shape index (κ3) is 3.94. The Labute approximate surface area is 158 Å². The van der Waals surface area contributed by atoms with Gasteiger partial charge in [0, 0.05) is 17.5 Å². The number of hydrogen-bond donors (Lipinski definition) is 1. The number of rotatable bonds is 5. The zero-order valence-electron chi connectivity index (χ0n) is 14.1. The summed E-state index contributed by atoms with van der Waals surface area (Å²) in [4.78, 5) is 12.5. The van der Waals surface area contributed by atoms with Crippen molar-refractivity contribution in [3.63, 3.8) is 0 Å². The summed E-state index contributed by atoms with van der Waals surface area (Å²) in [5.74, 6) is 0.718. The average Bonchev–Trinajstić information content (AvgIpc) is 3.12. The number of carbonyl (C=O) groups excluding carboxylic acids is 1. The standard InChI is InChI=1S/C20H21Cl2NO2/c1-25-16-7-5-15(6-8-16)20(10-2-3-11-20)13-23-19(24)14-4-9-17(21)18(22)12-14/h4-9,12H,2-3,10-11,13H2,1H3,(H,23,24). The maximum Gasteiger partial charge on any atom is 0.251 e. The van der Waals surface area contributed by atoms with E-state index in [-0.39, 0.29) is 11.3 Å². The Bertz CT molecular complexity index is 753. The number of amides is 1. The first kappa shape index (κ1) is 18.1. The van der Waals surface area contributed by atoms with Gasteiger partial charge in [-0.15, -0.1) is 0 Å². The van der Waals surface area contributed by atoms with Crippen LogP contribution < -0.4 is 10.1 Å². The summed E-state index contributed by atoms with van der Waals surface area (Å²) in [5.41, 5.74) is 1.76. The van der Waals surface area contributed by atoms with Gasteiger partial charge in [-0.2, -0.15) is 0 Å². The minimum atomic E-state index is -0.127. The average molecular weight is 378 g/mol. The molecule has 0 aromatic heterocycles. The maximum absolute atomic E-state index is 12.5. The molecule has 5 heteroatoms. The van der Waals surface area contributed by atoms with Crippen LogP contribution in [0, 0.1) is 0 Å². The quantitative estimate of drug-likeness (QED) is 0.772. The summed E-state index contributed by atoms with van der Waals surface area (Å²) in [5, 5.41) is 3.92. The second kappa shape index (κ2) is 7.67. The Morgan fingerprint density at radius 1 is 1.08 bits per heavy atom. The maximum atomic E-state index is 12.5. The number of methoxy groups -OCH3 is 1. The molecule has 0 aliphatic heterocycles. The summed E-state index contributed by atoms with van der Waals surface area (Å²) in [7, 11) is 1.66. The van der Waals surface area contributed by atoms with Crippen molar-refractivity contribution in [1.29, 1.82) is 0 Å². The van der Waals surface area contributed by atoms with Gasteiger partial charge < -0.3 is 10.1 Å². The normalized spacial score (nSPS) is 15.8. The number of ether oxygens (including phenoxy) is 1. The minimum absolute atomic E-state index is 0.0157. The van der Waals surface area contributed by atoms with Gasteiger partial charge in [-0.1, -0.05) is 48.2 Å². The zero-order valence-corrected chi connectivity index (χ0v) is 15.7. The lowest BCUT2D eigenvalue weighted by atomic mass is 9.78. The van der Waals surface area contributed by atoms with E-state index in [9.17, 15) is 4.79 Å². The Kier molecular flexibility index (Phi) is 5.55. The van der Waals surface area contributed by atoms with Gasteiger partial charge in [0.15, 0.2) is 0 Å². The van der Waals surface area contributed by atoms with Crippen LogP contribution in [0.3, 0.4) is 0 Å². The summed E-state index contributed by atoms with van der Waals surface area (Å²) < 4.78 is 5.25. The number of halogens is 2. The van der Waals surface area contributed by atoms with Gasteiger partial charge in [-0.25, -0.2) is 0 Å². The van der Waals surface area contributed by atoms with Crippen LogP contribution in [0.5, 0.6) is 5.75 Å². The molecule has 3 nitrogen and oxygen atoms in total. The highest BCUT2D eigenvalue weighted by Gasteiger charge is 2.36. The SMILES string of the molecule is COc1ccc(C2(CNC(=O)c3ccc(Cl)c(Cl)c3)CCCC2)cc1. The molecule has 0 bridgehead atoms. The molecule has 2 aromatic rings. The number of hydrogen-bond acceptors (Lipinski definition) is 2. The van der Waals surface area contributed by atoms with Crippen LogP contribution in [-0.2, 0) is 5.41 Å². The second-order valence-electron chi connectivity index (χ2n) is 6.53. The Hall–Kier alpha value is -1.71. The van der Waals surface area contributed by atoms with Crippen LogP contribution in [0.25, 0.3) is 0 Å². The molecule has 0 saturated heterocycles. The molecule has 1 N–H and O–H groups in total. The molecule has 132 valence electrons. The van der Waals surface area contributed by atoms with Crippen LogP contribution in [0.1, 0.15) is 41.6 Å². The molecule has 25 heavy (non-hydrogen) atoms. The molecule has 0 radical (unpaired) electrons. The molecule has 1 fully saturated rings. The molecule has 0 heterocycles. The van der Waals surface area contributed by atoms with Gasteiger partial charge in [0.1, 0.15) is 5.75 Å². The van der Waals surface area contributed by atoms with Crippen molar-refractivity contribution in [2.24, 2.45) is 0 Å². The smallest absolute Gasteiger partial charge is 0.251 e. The first-order valence-corrected chi connectivity index (χ1v) is 9.17. The Morgan fingerprint density at radius 2 is 1.76 bits per heavy atom. The van der Waals surface area contributed by atoms with Gasteiger partial charge in [-0.05, 0) is 48.7 Å². The van der Waals surface area contributed by atoms with Crippen molar-refractivity contribution in [1.82, 2.24) is 5.32 Å². The predicted molar refractivity (Wildman–Crippen MR) is 102 cm³/mol. The van der Waals surface area contributed by atoms with E-state index in [1.165, 1.54) is 18.4 Å². The van der Waals surface area contributed by atoms with Crippen molar-refractivity contribution in [3.05, 3.63) is 63.6 Å². The van der Waals surface area contributed by atoms with Gasteiger partial charge >= 0.3 is 0 Å². The van der Waals surface area contributed by atoms with E-state index in [2.05, 4.69) is 17.4 Å². The summed E-state index contributed by atoms with van der Waals surface area (Å²) >= 11 is 11.9. The lowest BCUT2D eigenvalue weighted by molar-refractivity contribution is 0.0943. The largest absolute Gasteiger partial charge is 0.497 e. The van der Waals surface area contributed by atoms with Crippen molar-refractivity contribution in [3.8, 4) is 5.75 Å². The van der Waals surface area contributed by atoms with Crippen LogP contribution in [0.2, 0.25) is 10.0 Å². The highest BCUT2D eigenvalue weighted by Crippen LogP contribution is 2.41. The molecular formula is C20H21Cl2NO2. The van der Waals surface area contributed by atoms with Crippen molar-refractivity contribution in [2.75, 3.05) is 13.7 Å². The molecule has 1 amide bonds. The van der Waals surface area contributed by atoms with Crippen LogP contribution in [-0.4, -0.2) is 19.6 Å². The number of benzene rings is 2.